The molecule has 1 N–H and O–H groups in total. The fourth-order valence-corrected chi connectivity index (χ4v) is 2.88. The molecule has 2 amide bonds. The highest BCUT2D eigenvalue weighted by atomic mass is 19.1. The first-order valence-corrected chi connectivity index (χ1v) is 8.35. The van der Waals surface area contributed by atoms with Crippen molar-refractivity contribution in [3.63, 3.8) is 0 Å². The number of aryl methyl sites for hydroxylation is 1. The van der Waals surface area contributed by atoms with E-state index in [9.17, 15) is 18.0 Å². The molecule has 0 radical (unpaired) electrons. The van der Waals surface area contributed by atoms with Crippen LogP contribution in [0.4, 0.5) is 23.7 Å². The Kier molecular flexibility index (Phi) is 5.55. The topological polar surface area (TPSA) is 50.8 Å². The quantitative estimate of drug-likeness (QED) is 0.875. The number of morpholine rings is 1. The normalized spacial score (nSPS) is 16.9. The van der Waals surface area contributed by atoms with E-state index in [4.69, 9.17) is 9.47 Å². The number of amides is 2. The number of urea groups is 1. The lowest BCUT2D eigenvalue weighted by atomic mass is 10.0. The number of rotatable bonds is 3. The van der Waals surface area contributed by atoms with Gasteiger partial charge in [-0.1, -0.05) is 12.1 Å². The zero-order chi connectivity index (χ0) is 19.6. The Bertz CT molecular complexity index is 860. The van der Waals surface area contributed by atoms with Crippen LogP contribution < -0.4 is 10.1 Å². The van der Waals surface area contributed by atoms with E-state index in [0.29, 0.717) is 12.1 Å². The van der Waals surface area contributed by atoms with Crippen molar-refractivity contribution in [3.8, 4) is 5.75 Å². The molecule has 2 aromatic carbocycles. The predicted octanol–water partition coefficient (Wildman–Crippen LogP) is 4.03. The van der Waals surface area contributed by atoms with Gasteiger partial charge >= 0.3 is 6.03 Å². The first kappa shape index (κ1) is 19.0. The molecule has 1 aliphatic heterocycles. The van der Waals surface area contributed by atoms with E-state index in [1.807, 2.05) is 0 Å². The van der Waals surface area contributed by atoms with Crippen molar-refractivity contribution in [2.45, 2.75) is 13.0 Å². The molecule has 8 heteroatoms. The Morgan fingerprint density at radius 2 is 1.96 bits per heavy atom. The molecule has 0 bridgehead atoms. The number of hydrogen-bond donors (Lipinski definition) is 1. The number of nitrogens with zero attached hydrogens (tertiary/aromatic N) is 1. The van der Waals surface area contributed by atoms with Crippen LogP contribution in [0.1, 0.15) is 17.2 Å². The third kappa shape index (κ3) is 4.16. The van der Waals surface area contributed by atoms with Gasteiger partial charge in [0.1, 0.15) is 11.9 Å². The number of carbonyl (C=O) groups is 1. The maximum Gasteiger partial charge on any atom is 0.322 e. The molecule has 1 heterocycles. The molecule has 0 aromatic heterocycles. The summed E-state index contributed by atoms with van der Waals surface area (Å²) in [5, 5.41) is 2.37. The summed E-state index contributed by atoms with van der Waals surface area (Å²) < 4.78 is 51.6. The maximum absolute atomic E-state index is 14.0. The first-order chi connectivity index (χ1) is 12.9. The second-order valence-corrected chi connectivity index (χ2v) is 6.21. The van der Waals surface area contributed by atoms with Gasteiger partial charge in [-0.15, -0.1) is 0 Å². The number of halogens is 3. The van der Waals surface area contributed by atoms with Gasteiger partial charge in [-0.3, -0.25) is 0 Å². The lowest BCUT2D eigenvalue weighted by Gasteiger charge is -2.33. The van der Waals surface area contributed by atoms with Gasteiger partial charge in [-0.25, -0.2) is 18.0 Å². The summed E-state index contributed by atoms with van der Waals surface area (Å²) in [6, 6.07) is 5.78. The van der Waals surface area contributed by atoms with E-state index in [-0.39, 0.29) is 30.4 Å². The fourth-order valence-electron chi connectivity index (χ4n) is 2.88. The molecule has 0 spiro atoms. The van der Waals surface area contributed by atoms with E-state index in [0.717, 1.165) is 17.7 Å². The van der Waals surface area contributed by atoms with Crippen molar-refractivity contribution in [2.75, 3.05) is 32.1 Å². The van der Waals surface area contributed by atoms with E-state index in [1.165, 1.54) is 18.1 Å². The minimum atomic E-state index is -0.805. The summed E-state index contributed by atoms with van der Waals surface area (Å²) in [6.07, 6.45) is -0.429. The van der Waals surface area contributed by atoms with Crippen molar-refractivity contribution in [1.29, 1.82) is 0 Å². The van der Waals surface area contributed by atoms with Crippen LogP contribution in [0.15, 0.2) is 30.3 Å². The first-order valence-electron chi connectivity index (χ1n) is 8.35. The Morgan fingerprint density at radius 1 is 1.19 bits per heavy atom. The van der Waals surface area contributed by atoms with Crippen LogP contribution in [-0.2, 0) is 4.74 Å². The number of ether oxygens (including phenoxy) is 2. The molecule has 144 valence electrons. The van der Waals surface area contributed by atoms with Crippen LogP contribution in [0.3, 0.4) is 0 Å². The maximum atomic E-state index is 14.0. The second kappa shape index (κ2) is 7.87. The lowest BCUT2D eigenvalue weighted by molar-refractivity contribution is -0.0135. The van der Waals surface area contributed by atoms with Crippen molar-refractivity contribution in [3.05, 3.63) is 58.9 Å². The SMILES string of the molecule is COc1cc(F)c(NC(=O)N2CCOC(c3ccc(F)c(C)c3)C2)cc1F. The van der Waals surface area contributed by atoms with Gasteiger partial charge in [-0.2, -0.15) is 0 Å². The van der Waals surface area contributed by atoms with Gasteiger partial charge in [-0.05, 0) is 24.1 Å². The molecule has 27 heavy (non-hydrogen) atoms. The van der Waals surface area contributed by atoms with E-state index < -0.39 is 23.8 Å². The summed E-state index contributed by atoms with van der Waals surface area (Å²) >= 11 is 0. The minimum absolute atomic E-state index is 0.206. The number of nitrogens with one attached hydrogen (secondary N) is 1. The number of benzene rings is 2. The van der Waals surface area contributed by atoms with Gasteiger partial charge in [0.15, 0.2) is 17.4 Å². The zero-order valence-electron chi connectivity index (χ0n) is 14.9. The lowest BCUT2D eigenvalue weighted by Crippen LogP contribution is -2.44. The molecule has 1 aliphatic rings. The van der Waals surface area contributed by atoms with E-state index >= 15 is 0 Å². The molecule has 2 aromatic rings. The van der Waals surface area contributed by atoms with Crippen molar-refractivity contribution in [2.24, 2.45) is 0 Å². The summed E-state index contributed by atoms with van der Waals surface area (Å²) in [7, 11) is 1.22. The predicted molar refractivity (Wildman–Crippen MR) is 93.3 cm³/mol. The van der Waals surface area contributed by atoms with Gasteiger partial charge in [0.2, 0.25) is 0 Å². The Balaban J connectivity index is 1.71. The Labute approximate surface area is 154 Å². The van der Waals surface area contributed by atoms with Crippen LogP contribution in [0.25, 0.3) is 0 Å². The van der Waals surface area contributed by atoms with Gasteiger partial charge < -0.3 is 19.7 Å². The average molecular weight is 380 g/mol. The highest BCUT2D eigenvalue weighted by Gasteiger charge is 2.26. The Hall–Kier alpha value is -2.74. The third-order valence-electron chi connectivity index (χ3n) is 4.39. The largest absolute Gasteiger partial charge is 0.494 e. The van der Waals surface area contributed by atoms with Crippen molar-refractivity contribution in [1.82, 2.24) is 4.90 Å². The van der Waals surface area contributed by atoms with Crippen LogP contribution in [0.5, 0.6) is 5.75 Å². The minimum Gasteiger partial charge on any atom is -0.494 e. The van der Waals surface area contributed by atoms with E-state index in [2.05, 4.69) is 5.32 Å². The summed E-state index contributed by atoms with van der Waals surface area (Å²) in [6.45, 7) is 2.42. The summed E-state index contributed by atoms with van der Waals surface area (Å²) in [5.74, 6) is -2.15. The highest BCUT2D eigenvalue weighted by molar-refractivity contribution is 5.89. The van der Waals surface area contributed by atoms with Crippen molar-refractivity contribution >= 4 is 11.7 Å². The third-order valence-corrected chi connectivity index (χ3v) is 4.39. The molecule has 1 fully saturated rings. The van der Waals surface area contributed by atoms with Gasteiger partial charge in [0.05, 0.1) is 25.9 Å². The zero-order valence-corrected chi connectivity index (χ0v) is 14.9. The molecular weight excluding hydrogens is 361 g/mol. The van der Waals surface area contributed by atoms with Crippen molar-refractivity contribution < 1.29 is 27.4 Å². The van der Waals surface area contributed by atoms with Gasteiger partial charge in [0, 0.05) is 18.7 Å². The molecule has 1 atom stereocenters. The summed E-state index contributed by atoms with van der Waals surface area (Å²) in [5.41, 5.74) is 0.945. The van der Waals surface area contributed by atoms with Crippen LogP contribution in [-0.4, -0.2) is 37.7 Å². The number of anilines is 1. The average Bonchev–Trinajstić information content (AvgIpc) is 2.66. The number of carbonyl (C=O) groups excluding carboxylic acids is 1. The smallest absolute Gasteiger partial charge is 0.322 e. The molecular formula is C19H19F3N2O3. The standard InChI is InChI=1S/C19H19F3N2O3/c1-11-7-12(3-4-13(11)20)18-10-24(5-6-27-18)19(25)23-16-8-15(22)17(26-2)9-14(16)21/h3-4,7-9,18H,5-6,10H2,1-2H3,(H,23,25). The molecule has 0 saturated carbocycles. The monoisotopic (exact) mass is 380 g/mol. The molecule has 0 aliphatic carbocycles. The van der Waals surface area contributed by atoms with Crippen LogP contribution in [0.2, 0.25) is 0 Å². The fraction of sp³-hybridized carbons (Fsp3) is 0.316. The molecule has 1 saturated heterocycles. The number of hydrogen-bond acceptors (Lipinski definition) is 3. The Morgan fingerprint density at radius 3 is 2.67 bits per heavy atom. The van der Waals surface area contributed by atoms with E-state index in [1.54, 1.807) is 19.1 Å². The molecule has 5 nitrogen and oxygen atoms in total. The van der Waals surface area contributed by atoms with Gasteiger partial charge in [0.25, 0.3) is 0 Å². The number of methoxy groups -OCH3 is 1. The molecule has 1 unspecified atom stereocenters. The second-order valence-electron chi connectivity index (χ2n) is 6.21. The van der Waals surface area contributed by atoms with Crippen LogP contribution >= 0.6 is 0 Å². The summed E-state index contributed by atoms with van der Waals surface area (Å²) in [4.78, 5) is 13.9. The van der Waals surface area contributed by atoms with Crippen LogP contribution in [0, 0.1) is 24.4 Å². The molecule has 3 rings (SSSR count). The highest BCUT2D eigenvalue weighted by Crippen LogP contribution is 2.27.